The summed E-state index contributed by atoms with van der Waals surface area (Å²) in [4.78, 5) is 12.1. The van der Waals surface area contributed by atoms with Crippen molar-refractivity contribution >= 4 is 5.91 Å². The minimum absolute atomic E-state index is 0.0398. The van der Waals surface area contributed by atoms with E-state index in [2.05, 4.69) is 24.5 Å². The number of carbonyl (C=O) groups excluding carboxylic acids is 1. The second kappa shape index (κ2) is 5.36. The van der Waals surface area contributed by atoms with E-state index in [0.29, 0.717) is 18.0 Å². The van der Waals surface area contributed by atoms with Crippen LogP contribution in [0.5, 0.6) is 0 Å². The normalized spacial score (nSPS) is 33.1. The van der Waals surface area contributed by atoms with Gasteiger partial charge in [-0.1, -0.05) is 13.8 Å². The first kappa shape index (κ1) is 12.8. The van der Waals surface area contributed by atoms with Crippen LogP contribution in [0.15, 0.2) is 0 Å². The molecule has 2 fully saturated rings. The van der Waals surface area contributed by atoms with Crippen molar-refractivity contribution in [2.45, 2.75) is 57.7 Å². The lowest BCUT2D eigenvalue weighted by Gasteiger charge is -2.24. The predicted octanol–water partition coefficient (Wildman–Crippen LogP) is 0.650. The summed E-state index contributed by atoms with van der Waals surface area (Å²) in [5, 5.41) is 15.7. The summed E-state index contributed by atoms with van der Waals surface area (Å²) in [5.41, 5.74) is 0. The van der Waals surface area contributed by atoms with Gasteiger partial charge in [-0.15, -0.1) is 0 Å². The number of rotatable bonds is 5. The molecule has 17 heavy (non-hydrogen) atoms. The van der Waals surface area contributed by atoms with E-state index in [1.807, 2.05) is 0 Å². The molecule has 4 nitrogen and oxygen atoms in total. The Labute approximate surface area is 103 Å². The van der Waals surface area contributed by atoms with Crippen LogP contribution in [-0.4, -0.2) is 35.7 Å². The number of hydrogen-bond donors (Lipinski definition) is 3. The lowest BCUT2D eigenvalue weighted by atomic mass is 9.88. The highest BCUT2D eigenvalue weighted by atomic mass is 16.3. The molecule has 0 spiro atoms. The van der Waals surface area contributed by atoms with Gasteiger partial charge in [0.05, 0.1) is 18.6 Å². The molecule has 2 heterocycles. The van der Waals surface area contributed by atoms with Crippen LogP contribution in [0.4, 0.5) is 0 Å². The van der Waals surface area contributed by atoms with Gasteiger partial charge in [-0.05, 0) is 31.6 Å². The Bertz CT molecular complexity index is 281. The molecule has 4 unspecified atom stereocenters. The smallest absolute Gasteiger partial charge is 0.225 e. The molecule has 1 amide bonds. The first-order chi connectivity index (χ1) is 8.10. The van der Waals surface area contributed by atoms with Crippen molar-refractivity contribution in [2.75, 3.05) is 6.61 Å². The minimum Gasteiger partial charge on any atom is -0.394 e. The quantitative estimate of drug-likeness (QED) is 0.661. The molecule has 98 valence electrons. The van der Waals surface area contributed by atoms with E-state index in [0.717, 1.165) is 19.3 Å². The van der Waals surface area contributed by atoms with Crippen LogP contribution in [0.25, 0.3) is 0 Å². The highest BCUT2D eigenvalue weighted by Crippen LogP contribution is 2.33. The summed E-state index contributed by atoms with van der Waals surface area (Å²) >= 11 is 0. The van der Waals surface area contributed by atoms with Crippen molar-refractivity contribution in [2.24, 2.45) is 11.8 Å². The van der Waals surface area contributed by atoms with Crippen LogP contribution in [0, 0.1) is 11.8 Å². The van der Waals surface area contributed by atoms with Crippen LogP contribution in [0.3, 0.4) is 0 Å². The van der Waals surface area contributed by atoms with Crippen molar-refractivity contribution in [3.63, 3.8) is 0 Å². The number of aliphatic hydroxyl groups excluding tert-OH is 1. The van der Waals surface area contributed by atoms with E-state index in [-0.39, 0.29) is 24.5 Å². The van der Waals surface area contributed by atoms with Gasteiger partial charge in [-0.3, -0.25) is 4.79 Å². The molecule has 0 radical (unpaired) electrons. The van der Waals surface area contributed by atoms with Gasteiger partial charge in [0.2, 0.25) is 5.91 Å². The van der Waals surface area contributed by atoms with Crippen molar-refractivity contribution in [3.8, 4) is 0 Å². The monoisotopic (exact) mass is 240 g/mol. The summed E-state index contributed by atoms with van der Waals surface area (Å²) in [6.45, 7) is 4.25. The standard InChI is InChI=1S/C13H24N2O2/c1-8(2)5-10(7-16)15-13(17)11-6-9-3-4-12(11)14-9/h8-12,14,16H,3-7H2,1-2H3,(H,15,17). The highest BCUT2D eigenvalue weighted by Gasteiger charge is 2.42. The van der Waals surface area contributed by atoms with E-state index < -0.39 is 0 Å². The third kappa shape index (κ3) is 2.99. The summed E-state index contributed by atoms with van der Waals surface area (Å²) in [6, 6.07) is 0.841. The van der Waals surface area contributed by atoms with Gasteiger partial charge in [0, 0.05) is 12.1 Å². The lowest BCUT2D eigenvalue weighted by molar-refractivity contribution is -0.126. The highest BCUT2D eigenvalue weighted by molar-refractivity contribution is 5.80. The van der Waals surface area contributed by atoms with Crippen molar-refractivity contribution in [1.29, 1.82) is 0 Å². The Kier molecular flexibility index (Phi) is 4.05. The molecular formula is C13H24N2O2. The van der Waals surface area contributed by atoms with Crippen LogP contribution in [0.2, 0.25) is 0 Å². The van der Waals surface area contributed by atoms with Crippen molar-refractivity contribution < 1.29 is 9.90 Å². The van der Waals surface area contributed by atoms with Gasteiger partial charge < -0.3 is 15.7 Å². The first-order valence-corrected chi connectivity index (χ1v) is 6.77. The predicted molar refractivity (Wildman–Crippen MR) is 66.5 cm³/mol. The van der Waals surface area contributed by atoms with Crippen LogP contribution < -0.4 is 10.6 Å². The molecule has 2 saturated heterocycles. The van der Waals surface area contributed by atoms with E-state index in [4.69, 9.17) is 0 Å². The van der Waals surface area contributed by atoms with Gasteiger partial charge >= 0.3 is 0 Å². The lowest BCUT2D eigenvalue weighted by Crippen LogP contribution is -2.44. The maximum absolute atomic E-state index is 12.1. The molecule has 0 aliphatic carbocycles. The third-order valence-electron chi connectivity index (χ3n) is 3.96. The fraction of sp³-hybridized carbons (Fsp3) is 0.923. The molecular weight excluding hydrogens is 216 g/mol. The topological polar surface area (TPSA) is 61.4 Å². The molecule has 2 bridgehead atoms. The molecule has 0 saturated carbocycles. The van der Waals surface area contributed by atoms with E-state index in [9.17, 15) is 9.90 Å². The molecule has 2 rings (SSSR count). The van der Waals surface area contributed by atoms with Crippen LogP contribution >= 0.6 is 0 Å². The zero-order valence-corrected chi connectivity index (χ0v) is 10.8. The van der Waals surface area contributed by atoms with E-state index in [1.165, 1.54) is 6.42 Å². The summed E-state index contributed by atoms with van der Waals surface area (Å²) in [5.74, 6) is 0.741. The van der Waals surface area contributed by atoms with Gasteiger partial charge in [-0.2, -0.15) is 0 Å². The Balaban J connectivity index is 1.83. The summed E-state index contributed by atoms with van der Waals surface area (Å²) < 4.78 is 0. The molecule has 2 aliphatic rings. The molecule has 0 aromatic heterocycles. The van der Waals surface area contributed by atoms with Gasteiger partial charge in [0.15, 0.2) is 0 Å². The fourth-order valence-corrected chi connectivity index (χ4v) is 3.17. The average Bonchev–Trinajstić information content (AvgIpc) is 2.88. The zero-order valence-electron chi connectivity index (χ0n) is 10.8. The fourth-order valence-electron chi connectivity index (χ4n) is 3.17. The number of carbonyl (C=O) groups is 1. The largest absolute Gasteiger partial charge is 0.394 e. The van der Waals surface area contributed by atoms with Gasteiger partial charge in [-0.25, -0.2) is 0 Å². The molecule has 0 aromatic rings. The third-order valence-corrected chi connectivity index (χ3v) is 3.96. The Morgan fingerprint density at radius 2 is 2.24 bits per heavy atom. The average molecular weight is 240 g/mol. The zero-order chi connectivity index (χ0) is 12.4. The number of nitrogens with one attached hydrogen (secondary N) is 2. The Morgan fingerprint density at radius 1 is 1.47 bits per heavy atom. The SMILES string of the molecule is CC(C)CC(CO)NC(=O)C1CC2CCC1N2. The van der Waals surface area contributed by atoms with E-state index >= 15 is 0 Å². The second-order valence-corrected chi connectivity index (χ2v) is 5.91. The first-order valence-electron chi connectivity index (χ1n) is 6.77. The molecule has 4 atom stereocenters. The van der Waals surface area contributed by atoms with E-state index in [1.54, 1.807) is 0 Å². The Morgan fingerprint density at radius 3 is 2.71 bits per heavy atom. The maximum Gasteiger partial charge on any atom is 0.225 e. The van der Waals surface area contributed by atoms with Gasteiger partial charge in [0.25, 0.3) is 0 Å². The summed E-state index contributed by atoms with van der Waals surface area (Å²) in [7, 11) is 0. The van der Waals surface area contributed by atoms with Gasteiger partial charge in [0.1, 0.15) is 0 Å². The summed E-state index contributed by atoms with van der Waals surface area (Å²) in [6.07, 6.45) is 4.15. The Hall–Kier alpha value is -0.610. The number of fused-ring (bicyclic) bond motifs is 2. The maximum atomic E-state index is 12.1. The van der Waals surface area contributed by atoms with Crippen molar-refractivity contribution in [1.82, 2.24) is 10.6 Å². The second-order valence-electron chi connectivity index (χ2n) is 5.91. The minimum atomic E-state index is -0.0818. The van der Waals surface area contributed by atoms with Crippen LogP contribution in [-0.2, 0) is 4.79 Å². The number of aliphatic hydroxyl groups is 1. The molecule has 3 N–H and O–H groups in total. The van der Waals surface area contributed by atoms with Crippen LogP contribution in [0.1, 0.15) is 39.5 Å². The molecule has 0 aromatic carbocycles. The molecule has 4 heteroatoms. The van der Waals surface area contributed by atoms with Crippen molar-refractivity contribution in [3.05, 3.63) is 0 Å². The number of hydrogen-bond acceptors (Lipinski definition) is 3. The molecule has 2 aliphatic heterocycles. The number of amides is 1.